The molecule has 2 aromatic carbocycles. The molecule has 1 aliphatic rings. The number of nitrogens with zero attached hydrogens (tertiary/aromatic N) is 1. The Hall–Kier alpha value is -2.62. The molecule has 0 aliphatic carbocycles. The summed E-state index contributed by atoms with van der Waals surface area (Å²) < 4.78 is 0. The van der Waals surface area contributed by atoms with Gasteiger partial charge in [-0.15, -0.1) is 0 Å². The van der Waals surface area contributed by atoms with E-state index >= 15 is 0 Å². The lowest BCUT2D eigenvalue weighted by Crippen LogP contribution is -2.39. The fraction of sp³-hybridized carbons (Fsp3) is 0.176. The maximum Gasteiger partial charge on any atom is 0.304 e. The first-order valence-corrected chi connectivity index (χ1v) is 6.85. The molecule has 1 N–H and O–H groups in total. The Morgan fingerprint density at radius 3 is 2.48 bits per heavy atom. The molecule has 21 heavy (non-hydrogen) atoms. The second kappa shape index (κ2) is 5.40. The third-order valence-electron chi connectivity index (χ3n) is 3.70. The molecule has 0 aromatic heterocycles. The minimum atomic E-state index is -0.944. The number of amides is 1. The molecule has 2 aromatic rings. The van der Waals surface area contributed by atoms with Crippen LogP contribution in [0, 0.1) is 5.92 Å². The molecule has 1 heterocycles. The molecule has 4 nitrogen and oxygen atoms in total. The van der Waals surface area contributed by atoms with Gasteiger partial charge in [-0.3, -0.25) is 14.5 Å². The summed E-state index contributed by atoms with van der Waals surface area (Å²) >= 11 is 0. The van der Waals surface area contributed by atoms with Crippen LogP contribution in [-0.2, 0) is 16.0 Å². The smallest absolute Gasteiger partial charge is 0.304 e. The Bertz CT molecular complexity index is 681. The number of anilines is 2. The second-order valence-electron chi connectivity index (χ2n) is 5.14. The van der Waals surface area contributed by atoms with Crippen molar-refractivity contribution in [3.63, 3.8) is 0 Å². The molecular formula is C17H15NO3. The molecule has 4 heteroatoms. The topological polar surface area (TPSA) is 57.6 Å². The van der Waals surface area contributed by atoms with Crippen molar-refractivity contribution in [1.82, 2.24) is 0 Å². The number of fused-ring (bicyclic) bond motifs is 1. The number of carbonyl (C=O) groups is 2. The van der Waals surface area contributed by atoms with Crippen molar-refractivity contribution in [2.75, 3.05) is 4.90 Å². The Kier molecular flexibility index (Phi) is 3.44. The lowest BCUT2D eigenvalue weighted by molar-refractivity contribution is -0.140. The van der Waals surface area contributed by atoms with E-state index in [-0.39, 0.29) is 12.3 Å². The normalized spacial score (nSPS) is 17.4. The van der Waals surface area contributed by atoms with E-state index in [0.717, 1.165) is 16.9 Å². The fourth-order valence-electron chi connectivity index (χ4n) is 2.77. The predicted octanol–water partition coefficient (Wildman–Crippen LogP) is 3.00. The van der Waals surface area contributed by atoms with Crippen LogP contribution in [0.3, 0.4) is 0 Å². The highest BCUT2D eigenvalue weighted by molar-refractivity contribution is 6.05. The third-order valence-corrected chi connectivity index (χ3v) is 3.70. The van der Waals surface area contributed by atoms with Crippen LogP contribution in [0.5, 0.6) is 0 Å². The molecule has 0 saturated carbocycles. The van der Waals surface area contributed by atoms with E-state index < -0.39 is 11.9 Å². The van der Waals surface area contributed by atoms with Gasteiger partial charge in [-0.25, -0.2) is 0 Å². The molecule has 1 aliphatic heterocycles. The van der Waals surface area contributed by atoms with Crippen molar-refractivity contribution < 1.29 is 14.7 Å². The minimum absolute atomic E-state index is 0.142. The summed E-state index contributed by atoms with van der Waals surface area (Å²) in [6.45, 7) is 0. The largest absolute Gasteiger partial charge is 0.481 e. The number of hydrogen-bond donors (Lipinski definition) is 1. The van der Waals surface area contributed by atoms with Crippen LogP contribution in [0.2, 0.25) is 0 Å². The molecule has 1 unspecified atom stereocenters. The molecular weight excluding hydrogens is 266 g/mol. The number of carbonyl (C=O) groups excluding carboxylic acids is 1. The number of rotatable bonds is 3. The van der Waals surface area contributed by atoms with Crippen molar-refractivity contribution in [1.29, 1.82) is 0 Å². The molecule has 0 fully saturated rings. The summed E-state index contributed by atoms with van der Waals surface area (Å²) in [5.74, 6) is -1.61. The molecule has 0 saturated heterocycles. The summed E-state index contributed by atoms with van der Waals surface area (Å²) in [5, 5.41) is 9.02. The molecule has 0 radical (unpaired) electrons. The van der Waals surface area contributed by atoms with Gasteiger partial charge in [-0.2, -0.15) is 0 Å². The zero-order valence-corrected chi connectivity index (χ0v) is 11.4. The third kappa shape index (κ3) is 2.52. The van der Waals surface area contributed by atoms with Crippen LogP contribution in [0.1, 0.15) is 12.0 Å². The standard InChI is InChI=1S/C17H15NO3/c19-16(20)11-13-10-12-6-4-5-9-15(12)18(17(13)21)14-7-2-1-3-8-14/h1-9,13H,10-11H2,(H,19,20). The second-order valence-corrected chi connectivity index (χ2v) is 5.14. The van der Waals surface area contributed by atoms with Gasteiger partial charge >= 0.3 is 5.97 Å². The van der Waals surface area contributed by atoms with Gasteiger partial charge in [-0.1, -0.05) is 36.4 Å². The van der Waals surface area contributed by atoms with Crippen molar-refractivity contribution in [3.05, 3.63) is 60.2 Å². The number of para-hydroxylation sites is 2. The summed E-state index contributed by atoms with van der Waals surface area (Å²) in [7, 11) is 0. The summed E-state index contributed by atoms with van der Waals surface area (Å²) in [4.78, 5) is 25.3. The van der Waals surface area contributed by atoms with E-state index in [1.807, 2.05) is 54.6 Å². The van der Waals surface area contributed by atoms with Crippen molar-refractivity contribution >= 4 is 23.3 Å². The highest BCUT2D eigenvalue weighted by Gasteiger charge is 2.34. The molecule has 0 spiro atoms. The SMILES string of the molecule is O=C(O)CC1Cc2ccccc2N(c2ccccc2)C1=O. The van der Waals surface area contributed by atoms with Gasteiger partial charge in [0.05, 0.1) is 18.0 Å². The van der Waals surface area contributed by atoms with Gasteiger partial charge in [0.1, 0.15) is 0 Å². The molecule has 1 atom stereocenters. The van der Waals surface area contributed by atoms with Crippen LogP contribution in [-0.4, -0.2) is 17.0 Å². The fourth-order valence-corrected chi connectivity index (χ4v) is 2.77. The van der Waals surface area contributed by atoms with Gasteiger partial charge in [0.25, 0.3) is 0 Å². The van der Waals surface area contributed by atoms with E-state index in [1.54, 1.807) is 4.90 Å². The number of benzene rings is 2. The van der Waals surface area contributed by atoms with E-state index in [9.17, 15) is 9.59 Å². The average Bonchev–Trinajstić information content (AvgIpc) is 2.48. The number of carboxylic acid groups (broad SMARTS) is 1. The van der Waals surface area contributed by atoms with Gasteiger partial charge in [0.15, 0.2) is 0 Å². The van der Waals surface area contributed by atoms with Crippen LogP contribution >= 0.6 is 0 Å². The maximum absolute atomic E-state index is 12.7. The Morgan fingerprint density at radius 2 is 1.76 bits per heavy atom. The van der Waals surface area contributed by atoms with Crippen LogP contribution in [0.4, 0.5) is 11.4 Å². The van der Waals surface area contributed by atoms with E-state index in [1.165, 1.54) is 0 Å². The lowest BCUT2D eigenvalue weighted by atomic mass is 9.89. The summed E-state index contributed by atoms with van der Waals surface area (Å²) in [5.41, 5.74) is 2.62. The Balaban J connectivity index is 2.07. The molecule has 0 bridgehead atoms. The number of aliphatic carboxylic acids is 1. The van der Waals surface area contributed by atoms with E-state index in [2.05, 4.69) is 0 Å². The lowest BCUT2D eigenvalue weighted by Gasteiger charge is -2.33. The van der Waals surface area contributed by atoms with Gasteiger partial charge in [0, 0.05) is 5.69 Å². The molecule has 106 valence electrons. The zero-order chi connectivity index (χ0) is 14.8. The minimum Gasteiger partial charge on any atom is -0.481 e. The maximum atomic E-state index is 12.7. The summed E-state index contributed by atoms with van der Waals surface area (Å²) in [6, 6.07) is 17.0. The Morgan fingerprint density at radius 1 is 1.10 bits per heavy atom. The van der Waals surface area contributed by atoms with Gasteiger partial charge in [-0.05, 0) is 30.2 Å². The monoisotopic (exact) mass is 281 g/mol. The summed E-state index contributed by atoms with van der Waals surface area (Å²) in [6.07, 6.45) is 0.334. The first kappa shape index (κ1) is 13.4. The van der Waals surface area contributed by atoms with E-state index in [4.69, 9.17) is 5.11 Å². The average molecular weight is 281 g/mol. The van der Waals surface area contributed by atoms with Crippen molar-refractivity contribution in [2.45, 2.75) is 12.8 Å². The highest BCUT2D eigenvalue weighted by Crippen LogP contribution is 2.36. The van der Waals surface area contributed by atoms with Crippen molar-refractivity contribution in [2.24, 2.45) is 5.92 Å². The van der Waals surface area contributed by atoms with Gasteiger partial charge < -0.3 is 5.11 Å². The van der Waals surface area contributed by atoms with Crippen LogP contribution in [0.15, 0.2) is 54.6 Å². The molecule has 3 rings (SSSR count). The van der Waals surface area contributed by atoms with Crippen molar-refractivity contribution in [3.8, 4) is 0 Å². The first-order valence-electron chi connectivity index (χ1n) is 6.85. The van der Waals surface area contributed by atoms with Crippen LogP contribution in [0.25, 0.3) is 0 Å². The zero-order valence-electron chi connectivity index (χ0n) is 11.4. The predicted molar refractivity (Wildman–Crippen MR) is 79.5 cm³/mol. The van der Waals surface area contributed by atoms with Gasteiger partial charge in [0.2, 0.25) is 5.91 Å². The quantitative estimate of drug-likeness (QED) is 0.941. The number of carboxylic acids is 1. The number of hydrogen-bond acceptors (Lipinski definition) is 2. The van der Waals surface area contributed by atoms with Crippen LogP contribution < -0.4 is 4.90 Å². The highest BCUT2D eigenvalue weighted by atomic mass is 16.4. The first-order chi connectivity index (χ1) is 10.2. The molecule has 1 amide bonds. The Labute approximate surface area is 122 Å². The van der Waals surface area contributed by atoms with E-state index in [0.29, 0.717) is 6.42 Å².